The van der Waals surface area contributed by atoms with Crippen LogP contribution >= 0.6 is 24.0 Å². The molecule has 1 amide bonds. The zero-order valence-electron chi connectivity index (χ0n) is 8.02. The van der Waals surface area contributed by atoms with Crippen LogP contribution in [0.15, 0.2) is 18.2 Å². The van der Waals surface area contributed by atoms with Gasteiger partial charge in [0.15, 0.2) is 0 Å². The molecule has 2 aliphatic carbocycles. The number of carboxylic acids is 1. The second-order valence-electron chi connectivity index (χ2n) is 3.19. The number of hydrogen-bond acceptors (Lipinski definition) is 4. The normalized spacial score (nSPS) is 15.0. The zero-order chi connectivity index (χ0) is 11.7. The Morgan fingerprint density at radius 3 is 2.38 bits per heavy atom. The summed E-state index contributed by atoms with van der Waals surface area (Å²) in [5.74, 6) is -0.299. The molecule has 0 bridgehead atoms. The molecule has 0 unspecified atom stereocenters. The van der Waals surface area contributed by atoms with E-state index in [0.717, 1.165) is 10.4 Å². The fourth-order valence-electron chi connectivity index (χ4n) is 1.28. The van der Waals surface area contributed by atoms with E-state index in [0.29, 0.717) is 15.6 Å². The predicted octanol–water partition coefficient (Wildman–Crippen LogP) is 1.12. The Bertz CT molecular complexity index is 568. The lowest BCUT2D eigenvalue weighted by Gasteiger charge is -2.05. The largest absolute Gasteiger partial charge is 0.478 e. The van der Waals surface area contributed by atoms with E-state index in [1.165, 1.54) is 11.8 Å². The molecule has 0 radical (unpaired) electrons. The quantitative estimate of drug-likeness (QED) is 0.745. The van der Waals surface area contributed by atoms with Gasteiger partial charge in [-0.05, 0) is 16.5 Å². The van der Waals surface area contributed by atoms with Crippen LogP contribution in [0.4, 0.5) is 0 Å². The Hall–Kier alpha value is -1.40. The van der Waals surface area contributed by atoms with E-state index < -0.39 is 5.97 Å². The number of aromatic carboxylic acids is 1. The van der Waals surface area contributed by atoms with E-state index in [9.17, 15) is 9.59 Å². The number of benzene rings is 1. The summed E-state index contributed by atoms with van der Waals surface area (Å²) in [7, 11) is 0. The van der Waals surface area contributed by atoms with E-state index in [1.54, 1.807) is 6.07 Å². The van der Waals surface area contributed by atoms with Crippen LogP contribution in [-0.2, 0) is 4.79 Å². The predicted molar refractivity (Wildman–Crippen MR) is 64.3 cm³/mol. The molecule has 0 aromatic carbocycles. The SMILES string of the molecule is O=C(O)c1cc2ccc1=2.O=C1CSC(=S)N1. The van der Waals surface area contributed by atoms with Crippen molar-refractivity contribution in [3.8, 4) is 0 Å². The summed E-state index contributed by atoms with van der Waals surface area (Å²) in [6, 6.07) is 5.40. The minimum Gasteiger partial charge on any atom is -0.478 e. The highest BCUT2D eigenvalue weighted by molar-refractivity contribution is 8.24. The van der Waals surface area contributed by atoms with E-state index in [4.69, 9.17) is 5.11 Å². The topological polar surface area (TPSA) is 66.4 Å². The van der Waals surface area contributed by atoms with E-state index in [2.05, 4.69) is 17.5 Å². The van der Waals surface area contributed by atoms with Crippen LogP contribution in [0, 0.1) is 10.4 Å². The maximum atomic E-state index is 10.2. The molecule has 0 aromatic heterocycles. The van der Waals surface area contributed by atoms with Crippen molar-refractivity contribution in [2.75, 3.05) is 5.75 Å². The molecule has 0 atom stereocenters. The second-order valence-corrected chi connectivity index (χ2v) is 4.84. The average Bonchev–Trinajstić information content (AvgIpc) is 2.55. The first kappa shape index (κ1) is 11.1. The minimum atomic E-state index is -0.821. The molecule has 0 saturated carbocycles. The fraction of sp³-hybridized carbons (Fsp3) is 0.100. The standard InChI is InChI=1S/C7H4O2.C3H3NOS2/c8-7(9)6-3-4-1-2-5(4)6;5-2-1-7-3(6)4-2/h1-3H,(H,8,9);1H2,(H,4,5,6). The molecule has 6 heteroatoms. The number of amides is 1. The zero-order valence-corrected chi connectivity index (χ0v) is 9.65. The van der Waals surface area contributed by atoms with Crippen molar-refractivity contribution in [2.24, 2.45) is 0 Å². The van der Waals surface area contributed by atoms with Gasteiger partial charge in [0.2, 0.25) is 5.91 Å². The lowest BCUT2D eigenvalue weighted by molar-refractivity contribution is -0.116. The number of carbonyl (C=O) groups is 2. The molecule has 1 saturated heterocycles. The van der Waals surface area contributed by atoms with Crippen LogP contribution in [0.2, 0.25) is 0 Å². The first-order valence-corrected chi connectivity index (χ1v) is 5.81. The number of thiocarbonyl (C=S) groups is 1. The highest BCUT2D eigenvalue weighted by atomic mass is 32.2. The van der Waals surface area contributed by atoms with Gasteiger partial charge in [-0.25, -0.2) is 4.79 Å². The lowest BCUT2D eigenvalue weighted by Crippen LogP contribution is -2.18. The Morgan fingerprint density at radius 1 is 1.50 bits per heavy atom. The van der Waals surface area contributed by atoms with Crippen LogP contribution < -0.4 is 5.32 Å². The maximum absolute atomic E-state index is 10.2. The van der Waals surface area contributed by atoms with E-state index in [1.807, 2.05) is 12.1 Å². The molecule has 16 heavy (non-hydrogen) atoms. The fourth-order valence-corrected chi connectivity index (χ4v) is 2.09. The molecule has 1 aliphatic heterocycles. The third-order valence-corrected chi connectivity index (χ3v) is 3.36. The number of rotatable bonds is 1. The highest BCUT2D eigenvalue weighted by Gasteiger charge is 2.13. The number of carboxylic acid groups (broad SMARTS) is 1. The molecule has 4 nitrogen and oxygen atoms in total. The average molecular weight is 253 g/mol. The van der Waals surface area contributed by atoms with Gasteiger partial charge in [0.25, 0.3) is 0 Å². The number of carbonyl (C=O) groups excluding carboxylic acids is 1. The molecule has 3 rings (SSSR count). The van der Waals surface area contributed by atoms with Gasteiger partial charge < -0.3 is 10.4 Å². The molecule has 0 spiro atoms. The molecule has 82 valence electrons. The van der Waals surface area contributed by atoms with Crippen molar-refractivity contribution in [2.45, 2.75) is 0 Å². The Labute approximate surface area is 100 Å². The van der Waals surface area contributed by atoms with Crippen LogP contribution in [0.1, 0.15) is 10.4 Å². The first-order chi connectivity index (χ1) is 7.58. The molecule has 1 fully saturated rings. The summed E-state index contributed by atoms with van der Waals surface area (Å²) in [5.41, 5.74) is 0.451. The molecule has 2 N–H and O–H groups in total. The van der Waals surface area contributed by atoms with Crippen molar-refractivity contribution in [3.63, 3.8) is 0 Å². The number of thioether (sulfide) groups is 1. The van der Waals surface area contributed by atoms with Crippen molar-refractivity contribution < 1.29 is 14.7 Å². The summed E-state index contributed by atoms with van der Waals surface area (Å²) in [6.07, 6.45) is 0. The summed E-state index contributed by atoms with van der Waals surface area (Å²) in [4.78, 5) is 20.5. The monoisotopic (exact) mass is 253 g/mol. The molecular weight excluding hydrogens is 246 g/mol. The van der Waals surface area contributed by atoms with Gasteiger partial charge in [-0.1, -0.05) is 36.1 Å². The van der Waals surface area contributed by atoms with Gasteiger partial charge >= 0.3 is 5.97 Å². The van der Waals surface area contributed by atoms with Crippen LogP contribution in [0.3, 0.4) is 0 Å². The van der Waals surface area contributed by atoms with Crippen LogP contribution in [-0.4, -0.2) is 27.1 Å². The van der Waals surface area contributed by atoms with Gasteiger partial charge in [0, 0.05) is 0 Å². The van der Waals surface area contributed by atoms with Crippen LogP contribution in [0.5, 0.6) is 0 Å². The van der Waals surface area contributed by atoms with Gasteiger partial charge in [-0.3, -0.25) is 4.79 Å². The Kier molecular flexibility index (Phi) is 2.93. The summed E-state index contributed by atoms with van der Waals surface area (Å²) in [5, 5.41) is 12.9. The van der Waals surface area contributed by atoms with Crippen molar-refractivity contribution in [3.05, 3.63) is 34.2 Å². The van der Waals surface area contributed by atoms with E-state index in [-0.39, 0.29) is 5.91 Å². The second kappa shape index (κ2) is 4.23. The molecule has 3 aliphatic rings. The Morgan fingerprint density at radius 2 is 2.25 bits per heavy atom. The van der Waals surface area contributed by atoms with Gasteiger partial charge in [0.1, 0.15) is 4.32 Å². The summed E-state index contributed by atoms with van der Waals surface area (Å²) < 4.78 is 0.602. The molecular formula is C10H7NO3S2. The smallest absolute Gasteiger partial charge is 0.336 e. The van der Waals surface area contributed by atoms with Gasteiger partial charge in [-0.2, -0.15) is 0 Å². The third-order valence-electron chi connectivity index (χ3n) is 2.14. The van der Waals surface area contributed by atoms with Crippen molar-refractivity contribution >= 4 is 40.2 Å². The summed E-state index contributed by atoms with van der Waals surface area (Å²) >= 11 is 6.00. The first-order valence-electron chi connectivity index (χ1n) is 4.42. The molecule has 0 aromatic rings. The lowest BCUT2D eigenvalue weighted by atomic mass is 10.00. The Balaban J connectivity index is 0.000000125. The van der Waals surface area contributed by atoms with Crippen molar-refractivity contribution in [1.29, 1.82) is 0 Å². The highest BCUT2D eigenvalue weighted by Crippen LogP contribution is 2.14. The van der Waals surface area contributed by atoms with Crippen molar-refractivity contribution in [1.82, 2.24) is 5.32 Å². The third kappa shape index (κ3) is 2.07. The van der Waals surface area contributed by atoms with Crippen LogP contribution in [0.25, 0.3) is 0 Å². The summed E-state index contributed by atoms with van der Waals surface area (Å²) in [6.45, 7) is 0. The minimum absolute atomic E-state index is 0.0231. The number of hydrogen-bond donors (Lipinski definition) is 2. The van der Waals surface area contributed by atoms with Gasteiger partial charge in [-0.15, -0.1) is 0 Å². The number of nitrogens with one attached hydrogen (secondary N) is 1. The molecule has 1 heterocycles. The maximum Gasteiger partial charge on any atom is 0.336 e. The van der Waals surface area contributed by atoms with E-state index >= 15 is 0 Å². The van der Waals surface area contributed by atoms with Gasteiger partial charge in [0.05, 0.1) is 11.3 Å².